The van der Waals surface area contributed by atoms with Crippen LogP contribution in [0.25, 0.3) is 21.9 Å². The van der Waals surface area contributed by atoms with Crippen molar-refractivity contribution >= 4 is 32.0 Å². The Balaban J connectivity index is 1.56. The summed E-state index contributed by atoms with van der Waals surface area (Å²) in [5.41, 5.74) is 2.74. The van der Waals surface area contributed by atoms with Gasteiger partial charge in [0.15, 0.2) is 5.65 Å². The molecule has 2 aliphatic rings. The van der Waals surface area contributed by atoms with Crippen LogP contribution in [0.3, 0.4) is 0 Å². The normalized spacial score (nSPS) is 23.2. The van der Waals surface area contributed by atoms with Crippen LogP contribution in [0.2, 0.25) is 0 Å². The third kappa shape index (κ3) is 2.09. The first-order valence-electron chi connectivity index (χ1n) is 8.43. The number of rotatable bonds is 3. The molecule has 0 radical (unpaired) electrons. The number of H-pyrrole nitrogens is 2. The standard InChI is InChI=1S/C16H19N5O2S/c22-24(23,11-3-4-11)21-7-1-2-10(9-21)15-14-12-5-6-17-16(12)18-8-13(14)19-20-15/h5-6,8,10-11,19-20H,1-4,7,9H2. The number of hydrogen-bond acceptors (Lipinski definition) is 4. The molecule has 126 valence electrons. The lowest BCUT2D eigenvalue weighted by Crippen LogP contribution is -2.40. The monoisotopic (exact) mass is 345 g/mol. The summed E-state index contributed by atoms with van der Waals surface area (Å²) in [6.07, 6.45) is 7.05. The van der Waals surface area contributed by atoms with Crippen LogP contribution in [-0.4, -0.2) is 51.2 Å². The molecule has 1 aliphatic heterocycles. The van der Waals surface area contributed by atoms with Crippen molar-refractivity contribution in [3.8, 4) is 0 Å². The van der Waals surface area contributed by atoms with E-state index in [9.17, 15) is 8.42 Å². The topological polar surface area (TPSA) is 94.7 Å². The highest BCUT2D eigenvalue weighted by atomic mass is 32.2. The van der Waals surface area contributed by atoms with Gasteiger partial charge in [-0.3, -0.25) is 5.10 Å². The van der Waals surface area contributed by atoms with E-state index in [0.717, 1.165) is 53.3 Å². The molecule has 0 amide bonds. The molecule has 8 heteroatoms. The zero-order valence-electron chi connectivity index (χ0n) is 13.2. The number of aromatic nitrogens is 4. The molecule has 2 N–H and O–H groups in total. The number of hydrogen-bond donors (Lipinski definition) is 2. The van der Waals surface area contributed by atoms with E-state index in [1.165, 1.54) is 0 Å². The Morgan fingerprint density at radius 3 is 2.88 bits per heavy atom. The van der Waals surface area contributed by atoms with E-state index >= 15 is 0 Å². The van der Waals surface area contributed by atoms with E-state index in [1.807, 2.05) is 6.07 Å². The Kier molecular flexibility index (Phi) is 3.02. The van der Waals surface area contributed by atoms with E-state index < -0.39 is 10.0 Å². The first-order valence-corrected chi connectivity index (χ1v) is 9.93. The average Bonchev–Trinajstić information content (AvgIpc) is 3.20. The van der Waals surface area contributed by atoms with E-state index in [0.29, 0.717) is 13.1 Å². The summed E-state index contributed by atoms with van der Waals surface area (Å²) in [6, 6.07) is 1.97. The van der Waals surface area contributed by atoms with Crippen molar-refractivity contribution in [2.75, 3.05) is 13.1 Å². The quantitative estimate of drug-likeness (QED) is 0.760. The summed E-state index contributed by atoms with van der Waals surface area (Å²) in [6.45, 7) is 1.20. The lowest BCUT2D eigenvalue weighted by atomic mass is 9.93. The highest BCUT2D eigenvalue weighted by Crippen LogP contribution is 2.37. The number of fused-ring (bicyclic) bond motifs is 3. The lowest BCUT2D eigenvalue weighted by molar-refractivity contribution is 0.313. The van der Waals surface area contributed by atoms with E-state index in [2.05, 4.69) is 20.2 Å². The van der Waals surface area contributed by atoms with Crippen molar-refractivity contribution in [1.82, 2.24) is 24.5 Å². The fraction of sp³-hybridized carbons (Fsp3) is 0.500. The van der Waals surface area contributed by atoms with Crippen LogP contribution < -0.4 is 0 Å². The van der Waals surface area contributed by atoms with Crippen LogP contribution in [0.1, 0.15) is 37.3 Å². The van der Waals surface area contributed by atoms with Gasteiger partial charge in [-0.05, 0) is 31.7 Å². The number of aromatic amines is 2. The smallest absolute Gasteiger partial charge is 0.217 e. The maximum atomic E-state index is 12.6. The number of sulfonamides is 1. The first-order chi connectivity index (χ1) is 11.6. The summed E-state index contributed by atoms with van der Waals surface area (Å²) < 4.78 is 26.9. The Hall–Kier alpha value is -1.93. The Morgan fingerprint density at radius 2 is 2.04 bits per heavy atom. The van der Waals surface area contributed by atoms with Crippen LogP contribution in [0.4, 0.5) is 0 Å². The summed E-state index contributed by atoms with van der Waals surface area (Å²) in [7, 11) is -3.11. The van der Waals surface area contributed by atoms with Crippen LogP contribution in [0.15, 0.2) is 18.5 Å². The first kappa shape index (κ1) is 14.4. The highest BCUT2D eigenvalue weighted by molar-refractivity contribution is 7.90. The fourth-order valence-electron chi connectivity index (χ4n) is 3.83. The van der Waals surface area contributed by atoms with Crippen molar-refractivity contribution in [2.45, 2.75) is 36.9 Å². The lowest BCUT2D eigenvalue weighted by Gasteiger charge is -2.31. The van der Waals surface area contributed by atoms with Gasteiger partial charge in [0, 0.05) is 41.7 Å². The van der Waals surface area contributed by atoms with Crippen LogP contribution in [0, 0.1) is 0 Å². The molecule has 1 aliphatic carbocycles. The molecule has 3 aromatic rings. The second kappa shape index (κ2) is 5.03. The highest BCUT2D eigenvalue weighted by Gasteiger charge is 2.42. The van der Waals surface area contributed by atoms with Gasteiger partial charge in [0.05, 0.1) is 17.0 Å². The summed E-state index contributed by atoms with van der Waals surface area (Å²) in [5.74, 6) is 0.168. The van der Waals surface area contributed by atoms with Gasteiger partial charge >= 0.3 is 0 Å². The van der Waals surface area contributed by atoms with Crippen molar-refractivity contribution in [2.24, 2.45) is 0 Å². The van der Waals surface area contributed by atoms with Crippen molar-refractivity contribution < 1.29 is 8.42 Å². The number of nitrogens with one attached hydrogen (secondary N) is 2. The summed E-state index contributed by atoms with van der Waals surface area (Å²) in [5, 5.41) is 8.41. The minimum atomic E-state index is -3.11. The maximum absolute atomic E-state index is 12.6. The minimum Gasteiger partial charge on any atom is -0.304 e. The van der Waals surface area contributed by atoms with E-state index in [1.54, 1.807) is 16.7 Å². The molecule has 1 saturated heterocycles. The molecular weight excluding hydrogens is 326 g/mol. The molecule has 0 aromatic carbocycles. The van der Waals surface area contributed by atoms with Crippen LogP contribution in [-0.2, 0) is 10.0 Å². The van der Waals surface area contributed by atoms with Gasteiger partial charge in [-0.2, -0.15) is 0 Å². The summed E-state index contributed by atoms with van der Waals surface area (Å²) >= 11 is 0. The van der Waals surface area contributed by atoms with E-state index in [4.69, 9.17) is 0 Å². The molecule has 4 heterocycles. The van der Waals surface area contributed by atoms with Gasteiger partial charge in [0.2, 0.25) is 10.0 Å². The van der Waals surface area contributed by atoms with Gasteiger partial charge in [0.25, 0.3) is 0 Å². The van der Waals surface area contributed by atoms with E-state index in [-0.39, 0.29) is 11.2 Å². The minimum absolute atomic E-state index is 0.140. The Morgan fingerprint density at radius 1 is 1.17 bits per heavy atom. The molecule has 7 nitrogen and oxygen atoms in total. The van der Waals surface area contributed by atoms with Crippen molar-refractivity contribution in [1.29, 1.82) is 0 Å². The molecule has 24 heavy (non-hydrogen) atoms. The molecule has 2 fully saturated rings. The molecular formula is C16H19N5O2S. The molecule has 1 unspecified atom stereocenters. The SMILES string of the molecule is O=S(=O)(C1CC1)N1CCCC(c2[nH][nH]c3cnc4nccc4c23)C1. The van der Waals surface area contributed by atoms with Gasteiger partial charge in [-0.25, -0.2) is 22.7 Å². The third-order valence-electron chi connectivity index (χ3n) is 5.23. The zero-order chi connectivity index (χ0) is 16.3. The molecule has 5 rings (SSSR count). The number of nitrogens with zero attached hydrogens (tertiary/aromatic N) is 3. The molecule has 0 bridgehead atoms. The second-order valence-corrected chi connectivity index (χ2v) is 9.05. The molecule has 1 saturated carbocycles. The van der Waals surface area contributed by atoms with Crippen LogP contribution >= 0.6 is 0 Å². The van der Waals surface area contributed by atoms with Crippen molar-refractivity contribution in [3.05, 3.63) is 24.2 Å². The van der Waals surface area contributed by atoms with Gasteiger partial charge in [0.1, 0.15) is 0 Å². The third-order valence-corrected chi connectivity index (χ3v) is 7.60. The number of pyridine rings is 1. The number of piperidine rings is 1. The molecule has 3 aromatic heterocycles. The zero-order valence-corrected chi connectivity index (χ0v) is 14.0. The largest absolute Gasteiger partial charge is 0.304 e. The van der Waals surface area contributed by atoms with Gasteiger partial charge < -0.3 is 5.10 Å². The second-order valence-electron chi connectivity index (χ2n) is 6.83. The van der Waals surface area contributed by atoms with Crippen LogP contribution in [0.5, 0.6) is 0 Å². The maximum Gasteiger partial charge on any atom is 0.217 e. The van der Waals surface area contributed by atoms with Gasteiger partial charge in [-0.1, -0.05) is 0 Å². The average molecular weight is 345 g/mol. The fourth-order valence-corrected chi connectivity index (χ4v) is 5.76. The predicted octanol–water partition coefficient (Wildman–Crippen LogP) is 2.11. The van der Waals surface area contributed by atoms with Gasteiger partial charge in [-0.15, -0.1) is 0 Å². The van der Waals surface area contributed by atoms with Crippen molar-refractivity contribution in [3.63, 3.8) is 0 Å². The Labute approximate surface area is 139 Å². The Bertz CT molecular complexity index is 1020. The predicted molar refractivity (Wildman–Crippen MR) is 91.2 cm³/mol. The molecule has 1 atom stereocenters. The summed E-state index contributed by atoms with van der Waals surface area (Å²) in [4.78, 5) is 8.62. The molecule has 0 spiro atoms.